The first-order chi connectivity index (χ1) is 15.0. The lowest BCUT2D eigenvalue weighted by Gasteiger charge is -2.44. The van der Waals surface area contributed by atoms with Crippen molar-refractivity contribution in [2.24, 2.45) is 5.92 Å². The monoisotopic (exact) mass is 423 g/mol. The molecule has 1 amide bonds. The van der Waals surface area contributed by atoms with Crippen molar-refractivity contribution in [3.8, 4) is 5.75 Å². The van der Waals surface area contributed by atoms with E-state index in [1.54, 1.807) is 7.11 Å². The Balaban J connectivity index is 1.89. The highest BCUT2D eigenvalue weighted by Crippen LogP contribution is 2.45. The number of rotatable bonds is 9. The molecule has 0 radical (unpaired) electrons. The second kappa shape index (κ2) is 10.8. The largest absolute Gasteiger partial charge is 0.496 e. The predicted molar refractivity (Wildman–Crippen MR) is 125 cm³/mol. The second-order valence-electron chi connectivity index (χ2n) is 8.99. The van der Waals surface area contributed by atoms with Crippen LogP contribution < -0.4 is 4.74 Å². The van der Waals surface area contributed by atoms with Gasteiger partial charge in [0, 0.05) is 37.1 Å². The maximum absolute atomic E-state index is 12.8. The number of ether oxygens (including phenoxy) is 2. The minimum atomic E-state index is -0.0667. The first-order valence-electron chi connectivity index (χ1n) is 11.6. The zero-order valence-corrected chi connectivity index (χ0v) is 19.5. The molecule has 0 aromatic heterocycles. The summed E-state index contributed by atoms with van der Waals surface area (Å²) in [5.74, 6) is 1.59. The van der Waals surface area contributed by atoms with Crippen molar-refractivity contribution in [3.63, 3.8) is 0 Å². The molecule has 4 nitrogen and oxygen atoms in total. The summed E-state index contributed by atoms with van der Waals surface area (Å²) in [6, 6.07) is 18.6. The van der Waals surface area contributed by atoms with Crippen molar-refractivity contribution in [1.82, 2.24) is 4.90 Å². The summed E-state index contributed by atoms with van der Waals surface area (Å²) in [5.41, 5.74) is 2.35. The molecule has 3 rings (SSSR count). The Bertz CT molecular complexity index is 835. The molecule has 2 aromatic carbocycles. The second-order valence-corrected chi connectivity index (χ2v) is 8.99. The summed E-state index contributed by atoms with van der Waals surface area (Å²) in [7, 11) is 1.74. The molecular weight excluding hydrogens is 386 g/mol. The minimum absolute atomic E-state index is 0.0667. The zero-order valence-electron chi connectivity index (χ0n) is 19.5. The summed E-state index contributed by atoms with van der Waals surface area (Å²) in [6.07, 6.45) is 3.52. The van der Waals surface area contributed by atoms with Gasteiger partial charge in [-0.15, -0.1) is 0 Å². The molecule has 1 aliphatic heterocycles. The van der Waals surface area contributed by atoms with E-state index in [2.05, 4.69) is 44.2 Å². The summed E-state index contributed by atoms with van der Waals surface area (Å²) < 4.78 is 11.9. The lowest BCUT2D eigenvalue weighted by Crippen LogP contribution is -2.44. The Kier molecular flexibility index (Phi) is 8.14. The number of methoxy groups -OCH3 is 1. The van der Waals surface area contributed by atoms with Gasteiger partial charge in [-0.25, -0.2) is 0 Å². The predicted octanol–water partition coefficient (Wildman–Crippen LogP) is 5.60. The van der Waals surface area contributed by atoms with Gasteiger partial charge in [0.15, 0.2) is 0 Å². The van der Waals surface area contributed by atoms with E-state index in [0.717, 1.165) is 38.2 Å². The van der Waals surface area contributed by atoms with Crippen LogP contribution in [0.4, 0.5) is 0 Å². The van der Waals surface area contributed by atoms with Gasteiger partial charge in [0.1, 0.15) is 5.75 Å². The Morgan fingerprint density at radius 2 is 1.87 bits per heavy atom. The number of hydrogen-bond donors (Lipinski definition) is 0. The van der Waals surface area contributed by atoms with Crippen LogP contribution in [0.25, 0.3) is 0 Å². The first-order valence-corrected chi connectivity index (χ1v) is 11.6. The van der Waals surface area contributed by atoms with Crippen LogP contribution in [0, 0.1) is 5.92 Å². The first kappa shape index (κ1) is 23.3. The molecular formula is C27H37NO3. The number of hydrogen-bond acceptors (Lipinski definition) is 3. The van der Waals surface area contributed by atoms with Gasteiger partial charge in [-0.05, 0) is 36.8 Å². The summed E-state index contributed by atoms with van der Waals surface area (Å²) >= 11 is 0. The summed E-state index contributed by atoms with van der Waals surface area (Å²) in [6.45, 7) is 8.52. The fourth-order valence-electron chi connectivity index (χ4n) is 4.74. The van der Waals surface area contributed by atoms with E-state index in [-0.39, 0.29) is 17.4 Å². The van der Waals surface area contributed by atoms with E-state index in [1.807, 2.05) is 36.1 Å². The lowest BCUT2D eigenvalue weighted by atomic mass is 9.68. The standard InChI is InChI=1S/C27H37NO3/c1-5-26(29)28(20-22-11-7-6-8-12-22)17-15-27(16-18-31-25(19-27)21(2)3)23-13-9-10-14-24(23)30-4/h6-14,21,25H,5,15-20H2,1-4H3. The number of carbonyl (C=O) groups is 1. The lowest BCUT2D eigenvalue weighted by molar-refractivity contribution is -0.132. The third kappa shape index (κ3) is 5.68. The maximum Gasteiger partial charge on any atom is 0.222 e. The quantitative estimate of drug-likeness (QED) is 0.527. The van der Waals surface area contributed by atoms with Crippen molar-refractivity contribution in [2.45, 2.75) is 64.5 Å². The van der Waals surface area contributed by atoms with Crippen molar-refractivity contribution < 1.29 is 14.3 Å². The molecule has 0 aliphatic carbocycles. The van der Waals surface area contributed by atoms with Gasteiger partial charge in [0.2, 0.25) is 5.91 Å². The van der Waals surface area contributed by atoms with Crippen LogP contribution in [0.2, 0.25) is 0 Å². The van der Waals surface area contributed by atoms with Crippen LogP contribution >= 0.6 is 0 Å². The molecule has 0 bridgehead atoms. The SMILES string of the molecule is CCC(=O)N(CCC1(c2ccccc2OC)CCOC(C(C)C)C1)Cc1ccccc1. The summed E-state index contributed by atoms with van der Waals surface area (Å²) in [5, 5.41) is 0. The molecule has 0 N–H and O–H groups in total. The van der Waals surface area contributed by atoms with Gasteiger partial charge >= 0.3 is 0 Å². The molecule has 2 unspecified atom stereocenters. The highest BCUT2D eigenvalue weighted by molar-refractivity contribution is 5.75. The van der Waals surface area contributed by atoms with Crippen molar-refractivity contribution in [2.75, 3.05) is 20.3 Å². The minimum Gasteiger partial charge on any atom is -0.496 e. The van der Waals surface area contributed by atoms with Gasteiger partial charge in [-0.1, -0.05) is 69.3 Å². The molecule has 1 heterocycles. The fraction of sp³-hybridized carbons (Fsp3) is 0.519. The van der Waals surface area contributed by atoms with Gasteiger partial charge in [-0.2, -0.15) is 0 Å². The van der Waals surface area contributed by atoms with Crippen molar-refractivity contribution in [1.29, 1.82) is 0 Å². The molecule has 1 fully saturated rings. The van der Waals surface area contributed by atoms with Crippen LogP contribution in [-0.2, 0) is 21.5 Å². The molecule has 2 aromatic rings. The topological polar surface area (TPSA) is 38.8 Å². The number of benzene rings is 2. The highest BCUT2D eigenvalue weighted by Gasteiger charge is 2.41. The van der Waals surface area contributed by atoms with E-state index in [0.29, 0.717) is 18.9 Å². The van der Waals surface area contributed by atoms with E-state index in [4.69, 9.17) is 9.47 Å². The van der Waals surface area contributed by atoms with Crippen LogP contribution in [0.5, 0.6) is 5.75 Å². The molecule has 31 heavy (non-hydrogen) atoms. The van der Waals surface area contributed by atoms with Crippen LogP contribution in [0.3, 0.4) is 0 Å². The number of nitrogens with zero attached hydrogens (tertiary/aromatic N) is 1. The highest BCUT2D eigenvalue weighted by atomic mass is 16.5. The van der Waals surface area contributed by atoms with E-state index >= 15 is 0 Å². The van der Waals surface area contributed by atoms with Gasteiger partial charge < -0.3 is 14.4 Å². The third-order valence-corrected chi connectivity index (χ3v) is 6.66. The van der Waals surface area contributed by atoms with Crippen molar-refractivity contribution >= 4 is 5.91 Å². The molecule has 0 spiro atoms. The molecule has 1 aliphatic rings. The smallest absolute Gasteiger partial charge is 0.222 e. The number of carbonyl (C=O) groups excluding carboxylic acids is 1. The van der Waals surface area contributed by atoms with E-state index in [1.165, 1.54) is 11.1 Å². The fourth-order valence-corrected chi connectivity index (χ4v) is 4.74. The zero-order chi connectivity index (χ0) is 22.3. The molecule has 0 saturated carbocycles. The van der Waals surface area contributed by atoms with Gasteiger partial charge in [0.05, 0.1) is 13.2 Å². The van der Waals surface area contributed by atoms with Gasteiger partial charge in [0.25, 0.3) is 0 Å². The Morgan fingerprint density at radius 3 is 2.55 bits per heavy atom. The van der Waals surface area contributed by atoms with Gasteiger partial charge in [-0.3, -0.25) is 4.79 Å². The Hall–Kier alpha value is -2.33. The molecule has 1 saturated heterocycles. The van der Waals surface area contributed by atoms with E-state index in [9.17, 15) is 4.79 Å². The Labute approximate surface area is 187 Å². The Morgan fingerprint density at radius 1 is 1.16 bits per heavy atom. The average molecular weight is 424 g/mol. The molecule has 2 atom stereocenters. The third-order valence-electron chi connectivity index (χ3n) is 6.66. The normalized spacial score (nSPS) is 21.1. The van der Waals surface area contributed by atoms with Crippen LogP contribution in [0.15, 0.2) is 54.6 Å². The van der Waals surface area contributed by atoms with Crippen LogP contribution in [0.1, 0.15) is 57.6 Å². The van der Waals surface area contributed by atoms with Crippen LogP contribution in [-0.4, -0.2) is 37.2 Å². The molecule has 4 heteroatoms. The number of amides is 1. The summed E-state index contributed by atoms with van der Waals surface area (Å²) in [4.78, 5) is 14.8. The van der Waals surface area contributed by atoms with Crippen molar-refractivity contribution in [3.05, 3.63) is 65.7 Å². The molecule has 168 valence electrons. The maximum atomic E-state index is 12.8. The average Bonchev–Trinajstić information content (AvgIpc) is 2.82. The van der Waals surface area contributed by atoms with E-state index < -0.39 is 0 Å². The number of para-hydroxylation sites is 1.